The Bertz CT molecular complexity index is 1230. The summed E-state index contributed by atoms with van der Waals surface area (Å²) < 4.78 is 5.41. The second-order valence-electron chi connectivity index (χ2n) is 23.5. The summed E-state index contributed by atoms with van der Waals surface area (Å²) in [6.07, 6.45) is 83.4. The largest absolute Gasteiger partial charge is 0.465 e. The van der Waals surface area contributed by atoms with Crippen molar-refractivity contribution in [2.75, 3.05) is 13.2 Å². The molecular formula is C70H133NO5. The van der Waals surface area contributed by atoms with Crippen molar-refractivity contribution >= 4 is 11.9 Å². The molecule has 0 saturated carbocycles. The van der Waals surface area contributed by atoms with E-state index in [-0.39, 0.29) is 18.5 Å². The first-order valence-electron chi connectivity index (χ1n) is 34.2. The second kappa shape index (κ2) is 65.6. The van der Waals surface area contributed by atoms with Gasteiger partial charge in [-0.2, -0.15) is 0 Å². The predicted octanol–water partition coefficient (Wildman–Crippen LogP) is 21.9. The summed E-state index contributed by atoms with van der Waals surface area (Å²) in [6, 6.07) is -0.547. The summed E-state index contributed by atoms with van der Waals surface area (Å²) in [4.78, 5) is 24.6. The Labute approximate surface area is 474 Å². The third-order valence-electron chi connectivity index (χ3n) is 15.9. The molecule has 6 nitrogen and oxygen atoms in total. The standard InChI is InChI=1S/C70H133NO5/c1-3-5-7-9-11-13-15-17-19-20-21-22-23-24-26-29-32-35-38-42-46-50-54-58-62-68(73)67(66-72)71-69(74)63-59-55-51-47-43-39-36-33-30-27-25-28-31-34-37-41-45-49-53-57-61-65-76-70(75)64-60-56-52-48-44-40-18-16-14-12-10-8-6-4-2/h16,18,41,45,53,57,67-68,72-73H,3-15,17,19-40,42-44,46-52,54-56,58-66H2,1-2H3,(H,71,74)/b18-16-,45-41-,57-53-. The Morgan fingerprint density at radius 2 is 0.658 bits per heavy atom. The van der Waals surface area contributed by atoms with E-state index in [0.29, 0.717) is 25.9 Å². The molecule has 0 radical (unpaired) electrons. The van der Waals surface area contributed by atoms with E-state index in [1.165, 1.54) is 289 Å². The third kappa shape index (κ3) is 61.3. The topological polar surface area (TPSA) is 95.9 Å². The molecule has 6 heteroatoms. The molecule has 0 aliphatic heterocycles. The number of nitrogens with one attached hydrogen (secondary N) is 1. The Hall–Kier alpha value is -1.92. The van der Waals surface area contributed by atoms with Crippen molar-refractivity contribution in [2.24, 2.45) is 0 Å². The number of rotatable bonds is 64. The summed E-state index contributed by atoms with van der Waals surface area (Å²) in [7, 11) is 0. The molecule has 0 saturated heterocycles. The van der Waals surface area contributed by atoms with Gasteiger partial charge in [0.1, 0.15) is 0 Å². The van der Waals surface area contributed by atoms with Gasteiger partial charge in [0.25, 0.3) is 0 Å². The summed E-state index contributed by atoms with van der Waals surface area (Å²) >= 11 is 0. The van der Waals surface area contributed by atoms with Crippen molar-refractivity contribution in [2.45, 2.75) is 386 Å². The Balaban J connectivity index is 3.45. The van der Waals surface area contributed by atoms with Gasteiger partial charge in [0.15, 0.2) is 0 Å². The number of ether oxygens (including phenoxy) is 1. The highest BCUT2D eigenvalue weighted by molar-refractivity contribution is 5.76. The Kier molecular flexibility index (Phi) is 63.9. The molecule has 0 aromatic carbocycles. The first-order valence-corrected chi connectivity index (χ1v) is 34.2. The number of aliphatic hydroxyl groups is 2. The zero-order valence-electron chi connectivity index (χ0n) is 51.3. The lowest BCUT2D eigenvalue weighted by Crippen LogP contribution is -2.45. The monoisotopic (exact) mass is 1070 g/mol. The normalized spacial score (nSPS) is 12.7. The van der Waals surface area contributed by atoms with Crippen LogP contribution in [0.25, 0.3) is 0 Å². The highest BCUT2D eigenvalue weighted by Crippen LogP contribution is 2.18. The molecule has 1 amide bonds. The summed E-state index contributed by atoms with van der Waals surface area (Å²) in [5, 5.41) is 23.4. The quantitative estimate of drug-likeness (QED) is 0.0320. The zero-order chi connectivity index (χ0) is 55.0. The molecule has 2 unspecified atom stereocenters. The van der Waals surface area contributed by atoms with E-state index < -0.39 is 12.1 Å². The minimum absolute atomic E-state index is 0.0359. The summed E-state index contributed by atoms with van der Waals surface area (Å²) in [6.45, 7) is 4.86. The van der Waals surface area contributed by atoms with E-state index in [1.807, 2.05) is 0 Å². The number of aliphatic hydroxyl groups excluding tert-OH is 2. The molecule has 0 bridgehead atoms. The van der Waals surface area contributed by atoms with Crippen LogP contribution in [0.3, 0.4) is 0 Å². The van der Waals surface area contributed by atoms with E-state index >= 15 is 0 Å². The fourth-order valence-electron chi connectivity index (χ4n) is 10.7. The first-order chi connectivity index (χ1) is 37.5. The molecule has 0 aromatic rings. The van der Waals surface area contributed by atoms with Crippen LogP contribution in [0.15, 0.2) is 36.5 Å². The summed E-state index contributed by atoms with van der Waals surface area (Å²) in [5.41, 5.74) is 0. The molecule has 448 valence electrons. The number of carbonyl (C=O) groups is 2. The van der Waals surface area contributed by atoms with Crippen LogP contribution in [-0.4, -0.2) is 47.4 Å². The first kappa shape index (κ1) is 74.1. The van der Waals surface area contributed by atoms with Crippen molar-refractivity contribution in [3.8, 4) is 0 Å². The average Bonchev–Trinajstić information content (AvgIpc) is 3.42. The minimum atomic E-state index is -0.670. The van der Waals surface area contributed by atoms with Crippen LogP contribution in [0, 0.1) is 0 Å². The Morgan fingerprint density at radius 3 is 1.01 bits per heavy atom. The maximum Gasteiger partial charge on any atom is 0.305 e. The fourth-order valence-corrected chi connectivity index (χ4v) is 10.7. The molecule has 0 rings (SSSR count). The van der Waals surface area contributed by atoms with Crippen LogP contribution in [0.1, 0.15) is 373 Å². The molecule has 2 atom stereocenters. The number of carbonyl (C=O) groups excluding carboxylic acids is 2. The molecular weight excluding hydrogens is 935 g/mol. The second-order valence-corrected chi connectivity index (χ2v) is 23.5. The molecule has 76 heavy (non-hydrogen) atoms. The van der Waals surface area contributed by atoms with E-state index in [1.54, 1.807) is 0 Å². The van der Waals surface area contributed by atoms with Gasteiger partial charge in [-0.15, -0.1) is 0 Å². The van der Waals surface area contributed by atoms with Crippen molar-refractivity contribution < 1.29 is 24.5 Å². The molecule has 0 aromatic heterocycles. The lowest BCUT2D eigenvalue weighted by atomic mass is 10.0. The average molecular weight is 1070 g/mol. The number of amides is 1. The van der Waals surface area contributed by atoms with Crippen molar-refractivity contribution in [3.05, 3.63) is 36.5 Å². The SMILES string of the molecule is CCCCCCC/C=C\CCCCCCCC(=O)OCC/C=C\C/C=C\CCCCCCCCCCCCCCCCC(=O)NC(CO)C(O)CCCCCCCCCCCCCCCCCCCCCCCCCC. The van der Waals surface area contributed by atoms with Crippen LogP contribution >= 0.6 is 0 Å². The van der Waals surface area contributed by atoms with Gasteiger partial charge < -0.3 is 20.3 Å². The van der Waals surface area contributed by atoms with Gasteiger partial charge in [-0.05, 0) is 70.6 Å². The summed E-state index contributed by atoms with van der Waals surface area (Å²) in [5.74, 6) is -0.0790. The van der Waals surface area contributed by atoms with Gasteiger partial charge in [0.05, 0.1) is 25.4 Å². The number of esters is 1. The number of hydrogen-bond acceptors (Lipinski definition) is 5. The van der Waals surface area contributed by atoms with Gasteiger partial charge in [-0.25, -0.2) is 0 Å². The highest BCUT2D eigenvalue weighted by Gasteiger charge is 2.20. The molecule has 3 N–H and O–H groups in total. The smallest absolute Gasteiger partial charge is 0.305 e. The van der Waals surface area contributed by atoms with Crippen LogP contribution in [0.4, 0.5) is 0 Å². The van der Waals surface area contributed by atoms with E-state index in [9.17, 15) is 19.8 Å². The van der Waals surface area contributed by atoms with Gasteiger partial charge in [-0.3, -0.25) is 9.59 Å². The van der Waals surface area contributed by atoms with Gasteiger partial charge >= 0.3 is 5.97 Å². The fraction of sp³-hybridized carbons (Fsp3) is 0.886. The minimum Gasteiger partial charge on any atom is -0.465 e. The lowest BCUT2D eigenvalue weighted by molar-refractivity contribution is -0.143. The third-order valence-corrected chi connectivity index (χ3v) is 15.9. The maximum absolute atomic E-state index is 12.5. The van der Waals surface area contributed by atoms with Crippen molar-refractivity contribution in [3.63, 3.8) is 0 Å². The highest BCUT2D eigenvalue weighted by atomic mass is 16.5. The van der Waals surface area contributed by atoms with Crippen LogP contribution in [-0.2, 0) is 14.3 Å². The Morgan fingerprint density at radius 1 is 0.368 bits per heavy atom. The molecule has 0 aliphatic carbocycles. The van der Waals surface area contributed by atoms with Crippen molar-refractivity contribution in [1.82, 2.24) is 5.32 Å². The van der Waals surface area contributed by atoms with Crippen LogP contribution in [0.2, 0.25) is 0 Å². The van der Waals surface area contributed by atoms with Crippen LogP contribution in [0.5, 0.6) is 0 Å². The van der Waals surface area contributed by atoms with E-state index in [2.05, 4.69) is 55.6 Å². The van der Waals surface area contributed by atoms with Crippen molar-refractivity contribution in [1.29, 1.82) is 0 Å². The zero-order valence-corrected chi connectivity index (χ0v) is 51.3. The predicted molar refractivity (Wildman–Crippen MR) is 333 cm³/mol. The van der Waals surface area contributed by atoms with E-state index in [4.69, 9.17) is 4.74 Å². The van der Waals surface area contributed by atoms with Crippen LogP contribution < -0.4 is 5.32 Å². The molecule has 0 heterocycles. The molecule has 0 fully saturated rings. The lowest BCUT2D eigenvalue weighted by Gasteiger charge is -2.22. The molecule has 0 spiro atoms. The maximum atomic E-state index is 12.5. The number of allylic oxidation sites excluding steroid dienone is 5. The molecule has 0 aliphatic rings. The number of hydrogen-bond donors (Lipinski definition) is 3. The van der Waals surface area contributed by atoms with Gasteiger partial charge in [-0.1, -0.05) is 326 Å². The van der Waals surface area contributed by atoms with Gasteiger partial charge in [0.2, 0.25) is 5.91 Å². The van der Waals surface area contributed by atoms with E-state index in [0.717, 1.165) is 51.4 Å². The van der Waals surface area contributed by atoms with Gasteiger partial charge in [0, 0.05) is 12.8 Å². The number of unbranched alkanes of at least 4 members (excludes halogenated alkanes) is 47.